The molecule has 0 amide bonds. The van der Waals surface area contributed by atoms with Crippen molar-refractivity contribution in [3.05, 3.63) is 36.0 Å². The zero-order chi connectivity index (χ0) is 13.9. The number of hydrogen-bond donors (Lipinski definition) is 2. The number of para-hydroxylation sites is 1. The van der Waals surface area contributed by atoms with Crippen molar-refractivity contribution in [1.82, 2.24) is 4.98 Å². The Labute approximate surface area is 117 Å². The fourth-order valence-corrected chi connectivity index (χ4v) is 2.83. The second-order valence-corrected chi connectivity index (χ2v) is 5.07. The third kappa shape index (κ3) is 2.15. The Morgan fingerprint density at radius 2 is 1.95 bits per heavy atom. The lowest BCUT2D eigenvalue weighted by molar-refractivity contribution is 0.318. The van der Waals surface area contributed by atoms with E-state index in [0.717, 1.165) is 29.7 Å². The van der Waals surface area contributed by atoms with E-state index in [9.17, 15) is 0 Å². The minimum absolute atomic E-state index is 0.115. The van der Waals surface area contributed by atoms with Gasteiger partial charge in [-0.2, -0.15) is 0 Å². The number of rotatable bonds is 2. The zero-order valence-electron chi connectivity index (χ0n) is 11.3. The molecule has 1 aliphatic heterocycles. The molecule has 2 aromatic rings. The summed E-state index contributed by atoms with van der Waals surface area (Å²) in [5.41, 5.74) is 8.49. The Morgan fingerprint density at radius 3 is 2.70 bits per heavy atom. The van der Waals surface area contributed by atoms with Gasteiger partial charge in [-0.15, -0.1) is 0 Å². The van der Waals surface area contributed by atoms with E-state index in [-0.39, 0.29) is 5.84 Å². The van der Waals surface area contributed by atoms with E-state index in [1.165, 1.54) is 19.3 Å². The molecule has 0 atom stereocenters. The van der Waals surface area contributed by atoms with Crippen LogP contribution in [0.1, 0.15) is 24.8 Å². The third-order valence-corrected chi connectivity index (χ3v) is 3.80. The summed E-state index contributed by atoms with van der Waals surface area (Å²) in [6.07, 6.45) is 5.30. The maximum atomic E-state index is 9.00. The van der Waals surface area contributed by atoms with E-state index in [1.807, 2.05) is 24.3 Å². The molecule has 5 nitrogen and oxygen atoms in total. The van der Waals surface area contributed by atoms with Crippen molar-refractivity contribution < 1.29 is 5.21 Å². The minimum atomic E-state index is 0.115. The lowest BCUT2D eigenvalue weighted by Gasteiger charge is -2.31. The van der Waals surface area contributed by atoms with Gasteiger partial charge in [0.1, 0.15) is 0 Å². The van der Waals surface area contributed by atoms with Crippen LogP contribution in [0.2, 0.25) is 0 Å². The predicted molar refractivity (Wildman–Crippen MR) is 80.3 cm³/mol. The highest BCUT2D eigenvalue weighted by atomic mass is 16.4. The van der Waals surface area contributed by atoms with Crippen molar-refractivity contribution in [2.45, 2.75) is 19.3 Å². The number of amidine groups is 1. The Kier molecular flexibility index (Phi) is 3.41. The second kappa shape index (κ2) is 5.36. The van der Waals surface area contributed by atoms with Gasteiger partial charge in [0.05, 0.1) is 16.8 Å². The Bertz CT molecular complexity index is 647. The molecule has 1 aromatic heterocycles. The maximum Gasteiger partial charge on any atom is 0.173 e. The number of oxime groups is 1. The average Bonchev–Trinajstić information content (AvgIpc) is 2.53. The normalized spacial score (nSPS) is 16.6. The highest BCUT2D eigenvalue weighted by molar-refractivity contribution is 6.08. The second-order valence-electron chi connectivity index (χ2n) is 5.07. The van der Waals surface area contributed by atoms with Crippen LogP contribution < -0.4 is 10.6 Å². The monoisotopic (exact) mass is 270 g/mol. The summed E-state index contributed by atoms with van der Waals surface area (Å²) < 4.78 is 0. The SMILES string of the molecule is NC(=NO)c1cnc2ccccc2c1N1CCCCC1. The van der Waals surface area contributed by atoms with Crippen LogP contribution >= 0.6 is 0 Å². The first kappa shape index (κ1) is 12.7. The number of aromatic nitrogens is 1. The van der Waals surface area contributed by atoms with E-state index in [1.54, 1.807) is 6.20 Å². The van der Waals surface area contributed by atoms with Gasteiger partial charge in [0, 0.05) is 24.7 Å². The molecular weight excluding hydrogens is 252 g/mol. The summed E-state index contributed by atoms with van der Waals surface area (Å²) in [4.78, 5) is 6.73. The Morgan fingerprint density at radius 1 is 1.20 bits per heavy atom. The number of benzene rings is 1. The number of piperidine rings is 1. The van der Waals surface area contributed by atoms with Gasteiger partial charge in [0.2, 0.25) is 0 Å². The highest BCUT2D eigenvalue weighted by Gasteiger charge is 2.19. The number of fused-ring (bicyclic) bond motifs is 1. The van der Waals surface area contributed by atoms with E-state index in [0.29, 0.717) is 5.56 Å². The molecule has 0 unspecified atom stereocenters. The first-order valence-electron chi connectivity index (χ1n) is 6.92. The molecule has 20 heavy (non-hydrogen) atoms. The van der Waals surface area contributed by atoms with Gasteiger partial charge < -0.3 is 15.8 Å². The summed E-state index contributed by atoms with van der Waals surface area (Å²) in [6, 6.07) is 7.99. The smallest absolute Gasteiger partial charge is 0.173 e. The van der Waals surface area contributed by atoms with Crippen LogP contribution in [0, 0.1) is 0 Å². The Balaban J connectivity index is 2.22. The number of pyridine rings is 1. The van der Waals surface area contributed by atoms with Crippen molar-refractivity contribution in [2.75, 3.05) is 18.0 Å². The standard InChI is InChI=1S/C15H18N4O/c16-15(18-20)12-10-17-13-7-3-2-6-11(13)14(12)19-8-4-1-5-9-19/h2-3,6-7,10,20H,1,4-5,8-9H2,(H2,16,18). The van der Waals surface area contributed by atoms with Crippen LogP contribution in [0.3, 0.4) is 0 Å². The van der Waals surface area contributed by atoms with Gasteiger partial charge in [-0.05, 0) is 25.3 Å². The van der Waals surface area contributed by atoms with Crippen LogP contribution in [-0.4, -0.2) is 29.1 Å². The van der Waals surface area contributed by atoms with E-state index in [2.05, 4.69) is 15.0 Å². The maximum absolute atomic E-state index is 9.00. The number of anilines is 1. The fourth-order valence-electron chi connectivity index (χ4n) is 2.83. The largest absolute Gasteiger partial charge is 0.409 e. The van der Waals surface area contributed by atoms with E-state index >= 15 is 0 Å². The van der Waals surface area contributed by atoms with Crippen LogP contribution in [-0.2, 0) is 0 Å². The number of nitrogens with zero attached hydrogens (tertiary/aromatic N) is 3. The molecule has 104 valence electrons. The summed E-state index contributed by atoms with van der Waals surface area (Å²) >= 11 is 0. The lowest BCUT2D eigenvalue weighted by atomic mass is 10.0. The molecule has 1 saturated heterocycles. The fraction of sp³-hybridized carbons (Fsp3) is 0.333. The van der Waals surface area contributed by atoms with Crippen LogP contribution in [0.15, 0.2) is 35.6 Å². The van der Waals surface area contributed by atoms with Gasteiger partial charge in [0.15, 0.2) is 5.84 Å². The van der Waals surface area contributed by atoms with Gasteiger partial charge in [-0.25, -0.2) is 0 Å². The average molecular weight is 270 g/mol. The summed E-state index contributed by atoms with van der Waals surface area (Å²) in [5.74, 6) is 0.115. The van der Waals surface area contributed by atoms with Gasteiger partial charge in [-0.3, -0.25) is 4.98 Å². The minimum Gasteiger partial charge on any atom is -0.409 e. The Hall–Kier alpha value is -2.30. The molecular formula is C15H18N4O. The highest BCUT2D eigenvalue weighted by Crippen LogP contribution is 2.31. The van der Waals surface area contributed by atoms with Gasteiger partial charge in [-0.1, -0.05) is 23.4 Å². The number of nitrogens with two attached hydrogens (primary N) is 1. The van der Waals surface area contributed by atoms with Crippen molar-refractivity contribution in [3.63, 3.8) is 0 Å². The van der Waals surface area contributed by atoms with E-state index < -0.39 is 0 Å². The van der Waals surface area contributed by atoms with Crippen molar-refractivity contribution in [3.8, 4) is 0 Å². The molecule has 1 aromatic carbocycles. The molecule has 2 heterocycles. The molecule has 1 aliphatic rings. The van der Waals surface area contributed by atoms with Crippen molar-refractivity contribution in [1.29, 1.82) is 0 Å². The van der Waals surface area contributed by atoms with Crippen LogP contribution in [0.5, 0.6) is 0 Å². The lowest BCUT2D eigenvalue weighted by Crippen LogP contribution is -2.32. The first-order valence-corrected chi connectivity index (χ1v) is 6.92. The quantitative estimate of drug-likeness (QED) is 0.380. The molecule has 5 heteroatoms. The van der Waals surface area contributed by atoms with Crippen molar-refractivity contribution >= 4 is 22.4 Å². The molecule has 3 rings (SSSR count). The van der Waals surface area contributed by atoms with Crippen LogP contribution in [0.25, 0.3) is 10.9 Å². The predicted octanol–water partition coefficient (Wildman–Crippen LogP) is 2.32. The molecule has 0 saturated carbocycles. The van der Waals surface area contributed by atoms with Crippen LogP contribution in [0.4, 0.5) is 5.69 Å². The molecule has 0 radical (unpaired) electrons. The molecule has 0 spiro atoms. The summed E-state index contributed by atoms with van der Waals surface area (Å²) in [6.45, 7) is 2.00. The third-order valence-electron chi connectivity index (χ3n) is 3.80. The summed E-state index contributed by atoms with van der Waals surface area (Å²) in [5, 5.41) is 13.2. The zero-order valence-corrected chi connectivity index (χ0v) is 11.3. The molecule has 0 aliphatic carbocycles. The number of hydrogen-bond acceptors (Lipinski definition) is 4. The van der Waals surface area contributed by atoms with E-state index in [4.69, 9.17) is 10.9 Å². The molecule has 0 bridgehead atoms. The van der Waals surface area contributed by atoms with Gasteiger partial charge >= 0.3 is 0 Å². The van der Waals surface area contributed by atoms with Gasteiger partial charge in [0.25, 0.3) is 0 Å². The molecule has 3 N–H and O–H groups in total. The topological polar surface area (TPSA) is 74.7 Å². The van der Waals surface area contributed by atoms with Crippen molar-refractivity contribution in [2.24, 2.45) is 10.9 Å². The molecule has 1 fully saturated rings. The first-order chi connectivity index (χ1) is 9.81. The summed E-state index contributed by atoms with van der Waals surface area (Å²) in [7, 11) is 0.